The maximum absolute atomic E-state index is 4.03. The molecule has 0 aromatic rings. The van der Waals surface area contributed by atoms with Crippen molar-refractivity contribution in [1.82, 2.24) is 15.5 Å². The molecular weight excluding hydrogens is 166 g/mol. The summed E-state index contributed by atoms with van der Waals surface area (Å²) in [5, 5.41) is 6.12. The fraction of sp³-hybridized carbons (Fsp3) is 0.750. The van der Waals surface area contributed by atoms with E-state index in [4.69, 9.17) is 0 Å². The van der Waals surface area contributed by atoms with Crippen LogP contribution in [0.25, 0.3) is 0 Å². The monoisotopic (exact) mass is 186 g/mol. The number of guanidine groups is 2. The highest BCUT2D eigenvalue weighted by atomic mass is 15.3. The largest absolute Gasteiger partial charge is 0.354 e. The van der Waals surface area contributed by atoms with E-state index in [1.165, 1.54) is 0 Å². The molecule has 0 saturated heterocycles. The second-order valence-electron chi connectivity index (χ2n) is 3.06. The van der Waals surface area contributed by atoms with Crippen LogP contribution < -0.4 is 10.6 Å². The smallest absolute Gasteiger partial charge is 0.346 e. The average molecular weight is 186 g/mol. The summed E-state index contributed by atoms with van der Waals surface area (Å²) in [6.07, 6.45) is 0. The zero-order chi connectivity index (χ0) is 10.4. The maximum atomic E-state index is 4.03. The lowest BCUT2D eigenvalue weighted by atomic mass is 10.7. The standard InChI is InChI=1S/C8H19N5/c1-9-7(10-2)11-8(12(3)4)13(5)6/h1-6H3,(H,9,10)/p+1. The lowest BCUT2D eigenvalue weighted by Crippen LogP contribution is -2.48. The highest BCUT2D eigenvalue weighted by molar-refractivity contribution is 5.96. The van der Waals surface area contributed by atoms with E-state index in [0.717, 1.165) is 11.9 Å². The number of hydrogen-bond donors (Lipinski definition) is 2. The van der Waals surface area contributed by atoms with Crippen LogP contribution in [0, 0.1) is 0 Å². The van der Waals surface area contributed by atoms with Gasteiger partial charge in [0.25, 0.3) is 5.96 Å². The molecule has 0 bridgehead atoms. The van der Waals surface area contributed by atoms with E-state index in [9.17, 15) is 0 Å². The number of nitrogens with one attached hydrogen (secondary N) is 2. The van der Waals surface area contributed by atoms with Gasteiger partial charge in [0.1, 0.15) is 0 Å². The Morgan fingerprint density at radius 1 is 1.31 bits per heavy atom. The first-order valence-electron chi connectivity index (χ1n) is 4.16. The SMILES string of the molecule is CN=C(NC)NC(N(C)C)=[N+](C)C. The van der Waals surface area contributed by atoms with E-state index in [-0.39, 0.29) is 0 Å². The summed E-state index contributed by atoms with van der Waals surface area (Å²) in [5.41, 5.74) is 0. The molecule has 5 heteroatoms. The summed E-state index contributed by atoms with van der Waals surface area (Å²) in [6.45, 7) is 0. The van der Waals surface area contributed by atoms with E-state index >= 15 is 0 Å². The van der Waals surface area contributed by atoms with Gasteiger partial charge in [-0.05, 0) is 0 Å². The van der Waals surface area contributed by atoms with Gasteiger partial charge >= 0.3 is 5.96 Å². The minimum absolute atomic E-state index is 0.748. The molecule has 0 aromatic carbocycles. The molecule has 0 aliphatic rings. The Bertz CT molecular complexity index is 213. The molecule has 0 atom stereocenters. The van der Waals surface area contributed by atoms with Crippen molar-refractivity contribution in [2.24, 2.45) is 4.99 Å². The first-order chi connectivity index (χ1) is 6.02. The lowest BCUT2D eigenvalue weighted by molar-refractivity contribution is -0.471. The molecule has 2 N–H and O–H groups in total. The first kappa shape index (κ1) is 11.7. The van der Waals surface area contributed by atoms with Crippen LogP contribution >= 0.6 is 0 Å². The predicted octanol–water partition coefficient (Wildman–Crippen LogP) is -1.03. The summed E-state index contributed by atoms with van der Waals surface area (Å²) >= 11 is 0. The quantitative estimate of drug-likeness (QED) is 0.289. The Balaban J connectivity index is 4.55. The van der Waals surface area contributed by atoms with E-state index in [0.29, 0.717) is 0 Å². The molecule has 0 spiro atoms. The van der Waals surface area contributed by atoms with Gasteiger partial charge in [-0.25, -0.2) is 10.3 Å². The Kier molecular flexibility index (Phi) is 4.87. The number of rotatable bonds is 0. The molecule has 13 heavy (non-hydrogen) atoms. The van der Waals surface area contributed by atoms with Gasteiger partial charge in [-0.1, -0.05) is 0 Å². The van der Waals surface area contributed by atoms with Crippen molar-refractivity contribution >= 4 is 11.9 Å². The van der Waals surface area contributed by atoms with Crippen molar-refractivity contribution in [2.45, 2.75) is 0 Å². The second-order valence-corrected chi connectivity index (χ2v) is 3.06. The molecule has 0 aliphatic carbocycles. The molecule has 0 amide bonds. The molecule has 0 aromatic heterocycles. The molecule has 76 valence electrons. The van der Waals surface area contributed by atoms with Crippen molar-refractivity contribution in [3.05, 3.63) is 0 Å². The summed E-state index contributed by atoms with van der Waals surface area (Å²) in [6, 6.07) is 0. The van der Waals surface area contributed by atoms with E-state index in [1.54, 1.807) is 7.05 Å². The van der Waals surface area contributed by atoms with Crippen LogP contribution in [-0.4, -0.2) is 63.7 Å². The third-order valence-corrected chi connectivity index (χ3v) is 1.54. The van der Waals surface area contributed by atoms with Gasteiger partial charge in [-0.2, -0.15) is 0 Å². The van der Waals surface area contributed by atoms with Crippen molar-refractivity contribution in [3.8, 4) is 0 Å². The fourth-order valence-corrected chi connectivity index (χ4v) is 0.960. The topological polar surface area (TPSA) is 42.7 Å². The highest BCUT2D eigenvalue weighted by Crippen LogP contribution is 1.77. The van der Waals surface area contributed by atoms with E-state index < -0.39 is 0 Å². The molecule has 0 radical (unpaired) electrons. The van der Waals surface area contributed by atoms with Crippen LogP contribution in [0.5, 0.6) is 0 Å². The highest BCUT2D eigenvalue weighted by Gasteiger charge is 2.12. The number of nitrogens with zero attached hydrogens (tertiary/aromatic N) is 3. The maximum Gasteiger partial charge on any atom is 0.354 e. The summed E-state index contributed by atoms with van der Waals surface area (Å²) in [4.78, 5) is 6.02. The zero-order valence-electron chi connectivity index (χ0n) is 9.34. The number of aliphatic imine (C=N–C) groups is 1. The Morgan fingerprint density at radius 2 is 1.85 bits per heavy atom. The molecule has 0 unspecified atom stereocenters. The van der Waals surface area contributed by atoms with Crippen molar-refractivity contribution in [1.29, 1.82) is 0 Å². The summed E-state index contributed by atoms with van der Waals surface area (Å²) in [5.74, 6) is 1.73. The Morgan fingerprint density at radius 3 is 2.08 bits per heavy atom. The molecular formula is C8H20N5+. The second kappa shape index (κ2) is 5.40. The van der Waals surface area contributed by atoms with Crippen LogP contribution in [0.15, 0.2) is 4.99 Å². The van der Waals surface area contributed by atoms with Crippen molar-refractivity contribution < 1.29 is 4.58 Å². The fourth-order valence-electron chi connectivity index (χ4n) is 0.960. The minimum Gasteiger partial charge on any atom is -0.346 e. The van der Waals surface area contributed by atoms with E-state index in [1.807, 2.05) is 44.7 Å². The van der Waals surface area contributed by atoms with E-state index in [2.05, 4.69) is 15.6 Å². The van der Waals surface area contributed by atoms with Crippen LogP contribution in [0.2, 0.25) is 0 Å². The Labute approximate surface area is 80.2 Å². The molecule has 0 rings (SSSR count). The van der Waals surface area contributed by atoms with Gasteiger partial charge in [0.15, 0.2) is 0 Å². The molecule has 0 fully saturated rings. The minimum atomic E-state index is 0.748. The number of hydrogen-bond acceptors (Lipinski definition) is 1. The van der Waals surface area contributed by atoms with Gasteiger partial charge in [-0.15, -0.1) is 0 Å². The Hall–Kier alpha value is -1.26. The summed E-state index contributed by atoms with van der Waals surface area (Å²) < 4.78 is 1.99. The van der Waals surface area contributed by atoms with Crippen molar-refractivity contribution in [2.75, 3.05) is 42.3 Å². The summed E-state index contributed by atoms with van der Waals surface area (Å²) in [7, 11) is 11.5. The van der Waals surface area contributed by atoms with Gasteiger partial charge in [0, 0.05) is 14.1 Å². The van der Waals surface area contributed by atoms with Crippen molar-refractivity contribution in [3.63, 3.8) is 0 Å². The normalized spacial score (nSPS) is 10.8. The molecule has 0 aliphatic heterocycles. The van der Waals surface area contributed by atoms with Crippen LogP contribution in [0.4, 0.5) is 0 Å². The van der Waals surface area contributed by atoms with Crippen LogP contribution in [-0.2, 0) is 0 Å². The molecule has 0 heterocycles. The predicted molar refractivity (Wildman–Crippen MR) is 56.4 cm³/mol. The molecule has 5 nitrogen and oxygen atoms in total. The first-order valence-corrected chi connectivity index (χ1v) is 4.16. The zero-order valence-corrected chi connectivity index (χ0v) is 9.34. The van der Waals surface area contributed by atoms with Crippen LogP contribution in [0.3, 0.4) is 0 Å². The van der Waals surface area contributed by atoms with Gasteiger partial charge in [0.2, 0.25) is 0 Å². The lowest BCUT2D eigenvalue weighted by Gasteiger charge is -2.13. The molecule has 0 saturated carbocycles. The average Bonchev–Trinajstić information content (AvgIpc) is 2.05. The third kappa shape index (κ3) is 3.78. The van der Waals surface area contributed by atoms with Gasteiger partial charge < -0.3 is 5.32 Å². The van der Waals surface area contributed by atoms with Gasteiger partial charge in [-0.3, -0.25) is 9.48 Å². The van der Waals surface area contributed by atoms with Crippen LogP contribution in [0.1, 0.15) is 0 Å². The third-order valence-electron chi connectivity index (χ3n) is 1.54. The van der Waals surface area contributed by atoms with Gasteiger partial charge in [0.05, 0.1) is 28.2 Å².